The summed E-state index contributed by atoms with van der Waals surface area (Å²) in [5.74, 6) is 0.941. The molecule has 0 bridgehead atoms. The first-order chi connectivity index (χ1) is 12.2. The summed E-state index contributed by atoms with van der Waals surface area (Å²) in [6, 6.07) is 0.992. The molecule has 0 aromatic carbocycles. The molecule has 4 heteroatoms. The second-order valence-corrected chi connectivity index (χ2v) is 8.78. The summed E-state index contributed by atoms with van der Waals surface area (Å²) in [5, 5.41) is 3.33. The number of nitrogens with one attached hydrogen (secondary N) is 1. The molecule has 3 rings (SSSR count). The molecule has 1 N–H and O–H groups in total. The highest BCUT2D eigenvalue weighted by Gasteiger charge is 2.26. The second kappa shape index (κ2) is 9.80. The van der Waals surface area contributed by atoms with Crippen LogP contribution in [-0.2, 0) is 0 Å². The number of amides is 2. The van der Waals surface area contributed by atoms with Crippen LogP contribution in [0.1, 0.15) is 83.5 Å². The van der Waals surface area contributed by atoms with Crippen molar-refractivity contribution in [1.29, 1.82) is 0 Å². The number of piperidine rings is 1. The van der Waals surface area contributed by atoms with Crippen LogP contribution >= 0.6 is 0 Å². The lowest BCUT2D eigenvalue weighted by Gasteiger charge is -2.36. The molecule has 0 aromatic rings. The van der Waals surface area contributed by atoms with Gasteiger partial charge in [-0.05, 0) is 44.4 Å². The number of carbonyl (C=O) groups excluding carboxylic acids is 1. The van der Waals surface area contributed by atoms with Gasteiger partial charge in [-0.3, -0.25) is 0 Å². The molecule has 0 aromatic heterocycles. The second-order valence-electron chi connectivity index (χ2n) is 8.78. The molecule has 4 nitrogen and oxygen atoms in total. The third kappa shape index (κ3) is 5.87. The number of rotatable bonds is 4. The number of hydrogen-bond acceptors (Lipinski definition) is 2. The van der Waals surface area contributed by atoms with E-state index in [1.165, 1.54) is 77.2 Å². The number of urea groups is 1. The van der Waals surface area contributed by atoms with Crippen LogP contribution in [-0.4, -0.2) is 54.6 Å². The molecule has 25 heavy (non-hydrogen) atoms. The van der Waals surface area contributed by atoms with E-state index < -0.39 is 0 Å². The van der Waals surface area contributed by atoms with Crippen LogP contribution in [0.25, 0.3) is 0 Å². The van der Waals surface area contributed by atoms with E-state index in [2.05, 4.69) is 10.2 Å². The minimum Gasteiger partial charge on any atom is -0.335 e. The van der Waals surface area contributed by atoms with Gasteiger partial charge in [0, 0.05) is 38.8 Å². The fourth-order valence-corrected chi connectivity index (χ4v) is 5.08. The van der Waals surface area contributed by atoms with Gasteiger partial charge in [0.2, 0.25) is 0 Å². The van der Waals surface area contributed by atoms with Gasteiger partial charge in [0.25, 0.3) is 0 Å². The Bertz CT molecular complexity index is 392. The van der Waals surface area contributed by atoms with E-state index in [1.54, 1.807) is 0 Å². The number of hydrogen-bond donors (Lipinski definition) is 1. The van der Waals surface area contributed by atoms with Crippen LogP contribution in [0.3, 0.4) is 0 Å². The van der Waals surface area contributed by atoms with Crippen LogP contribution in [0.15, 0.2) is 0 Å². The van der Waals surface area contributed by atoms with Crippen LogP contribution in [0, 0.1) is 5.92 Å². The summed E-state index contributed by atoms with van der Waals surface area (Å²) in [6.07, 6.45) is 17.0. The molecule has 3 fully saturated rings. The van der Waals surface area contributed by atoms with Crippen molar-refractivity contribution in [2.75, 3.05) is 26.7 Å². The van der Waals surface area contributed by atoms with E-state index in [4.69, 9.17) is 0 Å². The van der Waals surface area contributed by atoms with Gasteiger partial charge in [0.1, 0.15) is 0 Å². The van der Waals surface area contributed by atoms with Crippen LogP contribution in [0.4, 0.5) is 4.79 Å². The predicted octanol–water partition coefficient (Wildman–Crippen LogP) is 4.40. The number of likely N-dealkylation sites (tertiary alicyclic amines) is 1. The summed E-state index contributed by atoms with van der Waals surface area (Å²) < 4.78 is 0. The van der Waals surface area contributed by atoms with Crippen molar-refractivity contribution in [3.05, 3.63) is 0 Å². The van der Waals surface area contributed by atoms with E-state index in [9.17, 15) is 4.79 Å². The van der Waals surface area contributed by atoms with Gasteiger partial charge in [-0.2, -0.15) is 0 Å². The fraction of sp³-hybridized carbons (Fsp3) is 0.952. The van der Waals surface area contributed by atoms with Crippen molar-refractivity contribution in [2.45, 2.75) is 95.6 Å². The van der Waals surface area contributed by atoms with E-state index in [1.807, 2.05) is 11.9 Å². The molecular formula is C21H39N3O. The minimum atomic E-state index is 0.166. The summed E-state index contributed by atoms with van der Waals surface area (Å²) in [6.45, 7) is 3.62. The van der Waals surface area contributed by atoms with Gasteiger partial charge < -0.3 is 15.1 Å². The Kier molecular flexibility index (Phi) is 7.45. The standard InChI is InChI=1S/C21H39N3O/c1-23(20-11-5-3-2-4-6-12-20)21(25)22-19-13-15-24(16-14-19)17-18-9-7-8-10-18/h18-20H,2-17H2,1H3,(H,22,25). The van der Waals surface area contributed by atoms with Crippen LogP contribution < -0.4 is 5.32 Å². The molecule has 0 spiro atoms. The Labute approximate surface area is 154 Å². The zero-order valence-corrected chi connectivity index (χ0v) is 16.3. The molecular weight excluding hydrogens is 310 g/mol. The average Bonchev–Trinajstić information content (AvgIpc) is 3.09. The third-order valence-corrected chi connectivity index (χ3v) is 6.85. The zero-order valence-electron chi connectivity index (χ0n) is 16.3. The lowest BCUT2D eigenvalue weighted by Crippen LogP contribution is -2.51. The van der Waals surface area contributed by atoms with Crippen molar-refractivity contribution < 1.29 is 4.79 Å². The van der Waals surface area contributed by atoms with Crippen molar-refractivity contribution in [1.82, 2.24) is 15.1 Å². The Morgan fingerprint density at radius 3 is 2.08 bits per heavy atom. The third-order valence-electron chi connectivity index (χ3n) is 6.85. The molecule has 0 unspecified atom stereocenters. The summed E-state index contributed by atoms with van der Waals surface area (Å²) >= 11 is 0. The van der Waals surface area contributed by atoms with Crippen LogP contribution in [0.5, 0.6) is 0 Å². The Morgan fingerprint density at radius 1 is 0.880 bits per heavy atom. The van der Waals surface area contributed by atoms with Gasteiger partial charge in [0.05, 0.1) is 0 Å². The maximum absolute atomic E-state index is 12.7. The molecule has 0 radical (unpaired) electrons. The summed E-state index contributed by atoms with van der Waals surface area (Å²) in [4.78, 5) is 17.3. The van der Waals surface area contributed by atoms with Crippen LogP contribution in [0.2, 0.25) is 0 Å². The SMILES string of the molecule is CN(C(=O)NC1CCN(CC2CCCC2)CC1)C1CCCCCCC1. The Balaban J connectivity index is 1.37. The predicted molar refractivity (Wildman–Crippen MR) is 104 cm³/mol. The quantitative estimate of drug-likeness (QED) is 0.817. The minimum absolute atomic E-state index is 0.166. The molecule has 1 saturated heterocycles. The van der Waals surface area contributed by atoms with E-state index >= 15 is 0 Å². The van der Waals surface area contributed by atoms with Gasteiger partial charge in [-0.15, -0.1) is 0 Å². The summed E-state index contributed by atoms with van der Waals surface area (Å²) in [5.41, 5.74) is 0. The highest BCUT2D eigenvalue weighted by atomic mass is 16.2. The van der Waals surface area contributed by atoms with Gasteiger partial charge in [-0.1, -0.05) is 44.9 Å². The van der Waals surface area contributed by atoms with Crippen molar-refractivity contribution in [3.8, 4) is 0 Å². The molecule has 2 saturated carbocycles. The highest BCUT2D eigenvalue weighted by Crippen LogP contribution is 2.26. The summed E-state index contributed by atoms with van der Waals surface area (Å²) in [7, 11) is 2.01. The molecule has 2 aliphatic carbocycles. The lowest BCUT2D eigenvalue weighted by atomic mass is 9.96. The first-order valence-electron chi connectivity index (χ1n) is 11.0. The molecule has 0 atom stereocenters. The largest absolute Gasteiger partial charge is 0.335 e. The normalized spacial score (nSPS) is 25.5. The molecule has 1 heterocycles. The van der Waals surface area contributed by atoms with Crippen molar-refractivity contribution >= 4 is 6.03 Å². The first kappa shape index (κ1) is 19.0. The average molecular weight is 350 g/mol. The van der Waals surface area contributed by atoms with Crippen molar-refractivity contribution in [3.63, 3.8) is 0 Å². The maximum Gasteiger partial charge on any atom is 0.317 e. The Morgan fingerprint density at radius 2 is 1.44 bits per heavy atom. The lowest BCUT2D eigenvalue weighted by molar-refractivity contribution is 0.152. The monoisotopic (exact) mass is 349 g/mol. The Hall–Kier alpha value is -0.770. The van der Waals surface area contributed by atoms with Crippen molar-refractivity contribution in [2.24, 2.45) is 5.92 Å². The fourth-order valence-electron chi connectivity index (χ4n) is 5.08. The molecule has 1 aliphatic heterocycles. The van der Waals surface area contributed by atoms with Gasteiger partial charge >= 0.3 is 6.03 Å². The molecule has 3 aliphatic rings. The number of carbonyl (C=O) groups is 1. The topological polar surface area (TPSA) is 35.6 Å². The zero-order chi connectivity index (χ0) is 17.5. The molecule has 2 amide bonds. The maximum atomic E-state index is 12.7. The van der Waals surface area contributed by atoms with Gasteiger partial charge in [0.15, 0.2) is 0 Å². The van der Waals surface area contributed by atoms with E-state index in [0.717, 1.165) is 31.8 Å². The first-order valence-corrected chi connectivity index (χ1v) is 11.0. The highest BCUT2D eigenvalue weighted by molar-refractivity contribution is 5.74. The van der Waals surface area contributed by atoms with Gasteiger partial charge in [-0.25, -0.2) is 4.79 Å². The van der Waals surface area contributed by atoms with E-state index in [0.29, 0.717) is 12.1 Å². The van der Waals surface area contributed by atoms with E-state index in [-0.39, 0.29) is 6.03 Å². The smallest absolute Gasteiger partial charge is 0.317 e. The molecule has 144 valence electrons. The number of nitrogens with zero attached hydrogens (tertiary/aromatic N) is 2.